The van der Waals surface area contributed by atoms with Crippen molar-refractivity contribution in [3.63, 3.8) is 0 Å². The predicted octanol–water partition coefficient (Wildman–Crippen LogP) is 2.63. The minimum Gasteiger partial charge on any atom is -0.391 e. The summed E-state index contributed by atoms with van der Waals surface area (Å²) < 4.78 is 1.64. The topological polar surface area (TPSA) is 38.0 Å². The molecule has 2 aromatic rings. The van der Waals surface area contributed by atoms with E-state index >= 15 is 0 Å². The molecule has 84 valence electrons. The molecule has 1 heterocycles. The normalized spacial score (nSPS) is 10.8. The van der Waals surface area contributed by atoms with Gasteiger partial charge in [-0.05, 0) is 26.0 Å². The van der Waals surface area contributed by atoms with Crippen LogP contribution in [0.2, 0.25) is 5.15 Å². The molecule has 4 heteroatoms. The molecule has 0 aliphatic rings. The molecule has 0 radical (unpaired) electrons. The zero-order valence-corrected chi connectivity index (χ0v) is 9.99. The van der Waals surface area contributed by atoms with E-state index in [0.29, 0.717) is 10.7 Å². The van der Waals surface area contributed by atoms with Crippen LogP contribution >= 0.6 is 11.6 Å². The van der Waals surface area contributed by atoms with Gasteiger partial charge in [0.2, 0.25) is 0 Å². The highest BCUT2D eigenvalue weighted by Crippen LogP contribution is 2.23. The average molecular weight is 237 g/mol. The van der Waals surface area contributed by atoms with E-state index in [9.17, 15) is 0 Å². The second kappa shape index (κ2) is 4.28. The Morgan fingerprint density at radius 2 is 1.88 bits per heavy atom. The standard InChI is InChI=1S/C12H13ClN2O/c1-8-3-5-10(6-4-8)15-12(13)11(7-16)9(2)14-15/h3-6,16H,7H2,1-2H3. The van der Waals surface area contributed by atoms with E-state index in [4.69, 9.17) is 16.7 Å². The van der Waals surface area contributed by atoms with Crippen molar-refractivity contribution in [2.75, 3.05) is 0 Å². The molecule has 0 amide bonds. The Bertz CT molecular complexity index is 502. The summed E-state index contributed by atoms with van der Waals surface area (Å²) in [5, 5.41) is 13.9. The van der Waals surface area contributed by atoms with E-state index in [1.807, 2.05) is 38.1 Å². The average Bonchev–Trinajstić information content (AvgIpc) is 2.55. The number of benzene rings is 1. The Morgan fingerprint density at radius 1 is 1.25 bits per heavy atom. The number of aryl methyl sites for hydroxylation is 2. The van der Waals surface area contributed by atoms with E-state index in [-0.39, 0.29) is 6.61 Å². The molecule has 1 N–H and O–H groups in total. The van der Waals surface area contributed by atoms with Crippen LogP contribution in [0.4, 0.5) is 0 Å². The Labute approximate surface area is 99.3 Å². The molecular formula is C12H13ClN2O. The van der Waals surface area contributed by atoms with Crippen molar-refractivity contribution < 1.29 is 5.11 Å². The van der Waals surface area contributed by atoms with Gasteiger partial charge in [0.25, 0.3) is 0 Å². The van der Waals surface area contributed by atoms with Crippen LogP contribution in [0.25, 0.3) is 5.69 Å². The van der Waals surface area contributed by atoms with Crippen molar-refractivity contribution in [1.82, 2.24) is 9.78 Å². The number of nitrogens with zero attached hydrogens (tertiary/aromatic N) is 2. The molecule has 0 atom stereocenters. The fourth-order valence-electron chi connectivity index (χ4n) is 1.57. The van der Waals surface area contributed by atoms with Gasteiger partial charge in [0, 0.05) is 5.56 Å². The van der Waals surface area contributed by atoms with Gasteiger partial charge in [-0.15, -0.1) is 0 Å². The Morgan fingerprint density at radius 3 is 2.38 bits per heavy atom. The Balaban J connectivity index is 2.52. The molecule has 1 aromatic carbocycles. The summed E-state index contributed by atoms with van der Waals surface area (Å²) in [6.07, 6.45) is 0. The van der Waals surface area contributed by atoms with Crippen LogP contribution in [-0.4, -0.2) is 14.9 Å². The molecular weight excluding hydrogens is 224 g/mol. The molecule has 0 saturated carbocycles. The summed E-state index contributed by atoms with van der Waals surface area (Å²) in [6.45, 7) is 3.78. The minimum absolute atomic E-state index is 0.0868. The van der Waals surface area contributed by atoms with Gasteiger partial charge in [0.05, 0.1) is 18.0 Å². The van der Waals surface area contributed by atoms with Crippen molar-refractivity contribution in [2.45, 2.75) is 20.5 Å². The van der Waals surface area contributed by atoms with E-state index in [1.165, 1.54) is 5.56 Å². The maximum Gasteiger partial charge on any atom is 0.138 e. The fraction of sp³-hybridized carbons (Fsp3) is 0.250. The van der Waals surface area contributed by atoms with Gasteiger partial charge < -0.3 is 5.11 Å². The summed E-state index contributed by atoms with van der Waals surface area (Å²) in [4.78, 5) is 0. The lowest BCUT2D eigenvalue weighted by Gasteiger charge is -2.03. The van der Waals surface area contributed by atoms with Crippen molar-refractivity contribution in [3.8, 4) is 5.69 Å². The molecule has 1 aromatic heterocycles. The van der Waals surface area contributed by atoms with E-state index in [1.54, 1.807) is 4.68 Å². The van der Waals surface area contributed by atoms with Gasteiger partial charge in [-0.1, -0.05) is 29.3 Å². The van der Waals surface area contributed by atoms with Crippen molar-refractivity contribution in [1.29, 1.82) is 0 Å². The van der Waals surface area contributed by atoms with E-state index in [0.717, 1.165) is 11.4 Å². The lowest BCUT2D eigenvalue weighted by atomic mass is 10.2. The molecule has 0 aliphatic heterocycles. The predicted molar refractivity (Wildman–Crippen MR) is 64.0 cm³/mol. The Kier molecular flexibility index (Phi) is 2.99. The Hall–Kier alpha value is -1.32. The smallest absolute Gasteiger partial charge is 0.138 e. The molecule has 0 bridgehead atoms. The van der Waals surface area contributed by atoms with Gasteiger partial charge in [-0.25, -0.2) is 4.68 Å². The summed E-state index contributed by atoms with van der Waals surface area (Å²) in [6, 6.07) is 7.91. The van der Waals surface area contributed by atoms with Crippen LogP contribution in [-0.2, 0) is 6.61 Å². The molecule has 0 unspecified atom stereocenters. The van der Waals surface area contributed by atoms with Crippen LogP contribution in [0.15, 0.2) is 24.3 Å². The van der Waals surface area contributed by atoms with Gasteiger partial charge >= 0.3 is 0 Å². The monoisotopic (exact) mass is 236 g/mol. The second-order valence-corrected chi connectivity index (χ2v) is 4.12. The number of aliphatic hydroxyl groups excluding tert-OH is 1. The lowest BCUT2D eigenvalue weighted by molar-refractivity contribution is 0.281. The SMILES string of the molecule is Cc1ccc(-n2nc(C)c(CO)c2Cl)cc1. The third-order valence-electron chi connectivity index (χ3n) is 2.56. The minimum atomic E-state index is -0.0868. The maximum atomic E-state index is 9.17. The molecule has 0 saturated heterocycles. The fourth-order valence-corrected chi connectivity index (χ4v) is 1.90. The van der Waals surface area contributed by atoms with Gasteiger partial charge in [0.1, 0.15) is 5.15 Å². The first-order chi connectivity index (χ1) is 7.63. The van der Waals surface area contributed by atoms with Gasteiger partial charge in [-0.3, -0.25) is 0 Å². The first-order valence-electron chi connectivity index (χ1n) is 5.05. The second-order valence-electron chi connectivity index (χ2n) is 3.76. The number of aromatic nitrogens is 2. The maximum absolute atomic E-state index is 9.17. The number of hydrogen-bond donors (Lipinski definition) is 1. The van der Waals surface area contributed by atoms with Crippen LogP contribution < -0.4 is 0 Å². The number of rotatable bonds is 2. The van der Waals surface area contributed by atoms with E-state index < -0.39 is 0 Å². The number of halogens is 1. The van der Waals surface area contributed by atoms with Crippen molar-refractivity contribution >= 4 is 11.6 Å². The summed E-state index contributed by atoms with van der Waals surface area (Å²) >= 11 is 6.14. The van der Waals surface area contributed by atoms with Crippen LogP contribution in [0.5, 0.6) is 0 Å². The zero-order valence-electron chi connectivity index (χ0n) is 9.24. The third-order valence-corrected chi connectivity index (χ3v) is 2.95. The summed E-state index contributed by atoms with van der Waals surface area (Å²) in [5.41, 5.74) is 3.53. The first kappa shape index (κ1) is 11.2. The molecule has 16 heavy (non-hydrogen) atoms. The highest BCUT2D eigenvalue weighted by Gasteiger charge is 2.13. The summed E-state index contributed by atoms with van der Waals surface area (Å²) in [5.74, 6) is 0. The number of hydrogen-bond acceptors (Lipinski definition) is 2. The summed E-state index contributed by atoms with van der Waals surface area (Å²) in [7, 11) is 0. The number of aliphatic hydroxyl groups is 1. The van der Waals surface area contributed by atoms with Crippen LogP contribution in [0, 0.1) is 13.8 Å². The quantitative estimate of drug-likeness (QED) is 0.871. The first-order valence-corrected chi connectivity index (χ1v) is 5.43. The van der Waals surface area contributed by atoms with E-state index in [2.05, 4.69) is 5.10 Å². The van der Waals surface area contributed by atoms with Crippen LogP contribution in [0.3, 0.4) is 0 Å². The van der Waals surface area contributed by atoms with Crippen LogP contribution in [0.1, 0.15) is 16.8 Å². The van der Waals surface area contributed by atoms with Gasteiger partial charge in [-0.2, -0.15) is 5.10 Å². The molecule has 3 nitrogen and oxygen atoms in total. The highest BCUT2D eigenvalue weighted by atomic mass is 35.5. The highest BCUT2D eigenvalue weighted by molar-refractivity contribution is 6.30. The lowest BCUT2D eigenvalue weighted by Crippen LogP contribution is -1.96. The molecule has 2 rings (SSSR count). The molecule has 0 spiro atoms. The van der Waals surface area contributed by atoms with Gasteiger partial charge in [0.15, 0.2) is 0 Å². The van der Waals surface area contributed by atoms with Crippen molar-refractivity contribution in [2.24, 2.45) is 0 Å². The molecule has 0 aliphatic carbocycles. The van der Waals surface area contributed by atoms with Crippen molar-refractivity contribution in [3.05, 3.63) is 46.2 Å². The third kappa shape index (κ3) is 1.84. The zero-order chi connectivity index (χ0) is 11.7. The largest absolute Gasteiger partial charge is 0.391 e. The molecule has 0 fully saturated rings.